The highest BCUT2D eigenvalue weighted by Gasteiger charge is 2.04. The van der Waals surface area contributed by atoms with Crippen LogP contribution in [-0.4, -0.2) is 0 Å². The van der Waals surface area contributed by atoms with E-state index in [1.165, 1.54) is 0 Å². The van der Waals surface area contributed by atoms with Gasteiger partial charge in [-0.05, 0) is 12.5 Å². The monoisotopic (exact) mass is 190 g/mol. The fraction of sp³-hybridized carbons (Fsp3) is 0.250. The highest BCUT2D eigenvalue weighted by molar-refractivity contribution is 7.40. The molecule has 0 aliphatic carbocycles. The summed E-state index contributed by atoms with van der Waals surface area (Å²) < 4.78 is 27.5. The highest BCUT2D eigenvalue weighted by Crippen LogP contribution is 2.40. The number of aryl methyl sites for hydroxylation is 1. The van der Waals surface area contributed by atoms with E-state index in [0.717, 1.165) is 11.1 Å². The fourth-order valence-corrected chi connectivity index (χ4v) is 1.05. The van der Waals surface area contributed by atoms with Crippen molar-refractivity contribution in [2.75, 3.05) is 0 Å². The molecule has 4 heteroatoms. The van der Waals surface area contributed by atoms with Crippen molar-refractivity contribution in [3.63, 3.8) is 0 Å². The topological polar surface area (TPSA) is 9.23 Å². The molecule has 1 nitrogen and oxygen atoms in total. The molecule has 0 atom stereocenters. The molecule has 0 fully saturated rings. The molecular weight excluding hydrogens is 181 g/mol. The average molecular weight is 190 g/mol. The number of benzene rings is 1. The van der Waals surface area contributed by atoms with E-state index < -0.39 is 8.77 Å². The number of halogens is 2. The molecule has 0 heterocycles. The molecule has 1 aromatic carbocycles. The number of hydrogen-bond donors (Lipinski definition) is 0. The summed E-state index contributed by atoms with van der Waals surface area (Å²) in [6.45, 7) is 1.95. The molecule has 0 radical (unpaired) electrons. The van der Waals surface area contributed by atoms with Gasteiger partial charge in [0.15, 0.2) is 0 Å². The van der Waals surface area contributed by atoms with Gasteiger partial charge in [0.1, 0.15) is 0 Å². The van der Waals surface area contributed by atoms with Crippen molar-refractivity contribution in [3.05, 3.63) is 35.4 Å². The average Bonchev–Trinajstić information content (AvgIpc) is 2.03. The van der Waals surface area contributed by atoms with Gasteiger partial charge in [0.05, 0.1) is 6.61 Å². The van der Waals surface area contributed by atoms with Crippen molar-refractivity contribution in [3.8, 4) is 0 Å². The van der Waals surface area contributed by atoms with Gasteiger partial charge >= 0.3 is 8.77 Å². The zero-order chi connectivity index (χ0) is 8.97. The Morgan fingerprint density at radius 3 is 2.33 bits per heavy atom. The summed E-state index contributed by atoms with van der Waals surface area (Å²) in [5.41, 5.74) is 1.89. The van der Waals surface area contributed by atoms with Gasteiger partial charge in [-0.15, -0.1) is 0 Å². The van der Waals surface area contributed by atoms with Crippen molar-refractivity contribution in [2.45, 2.75) is 13.5 Å². The summed E-state index contributed by atoms with van der Waals surface area (Å²) in [5.74, 6) is 0. The van der Waals surface area contributed by atoms with Crippen LogP contribution < -0.4 is 0 Å². The van der Waals surface area contributed by atoms with Gasteiger partial charge < -0.3 is 4.52 Å². The predicted octanol–water partition coefficient (Wildman–Crippen LogP) is 3.68. The van der Waals surface area contributed by atoms with E-state index in [1.807, 2.05) is 19.1 Å². The lowest BCUT2D eigenvalue weighted by Gasteiger charge is -2.00. The summed E-state index contributed by atoms with van der Waals surface area (Å²) in [6, 6.07) is 7.32. The molecule has 0 amide bonds. The van der Waals surface area contributed by atoms with Crippen LogP contribution in [-0.2, 0) is 11.1 Å². The van der Waals surface area contributed by atoms with E-state index in [9.17, 15) is 8.39 Å². The Morgan fingerprint density at radius 1 is 1.25 bits per heavy atom. The first-order valence-electron chi connectivity index (χ1n) is 3.48. The largest absolute Gasteiger partial charge is 0.415 e. The molecule has 66 valence electrons. The van der Waals surface area contributed by atoms with Crippen molar-refractivity contribution in [1.82, 2.24) is 0 Å². The van der Waals surface area contributed by atoms with E-state index in [-0.39, 0.29) is 6.61 Å². The third-order valence-electron chi connectivity index (χ3n) is 1.45. The molecule has 0 saturated carbocycles. The van der Waals surface area contributed by atoms with Gasteiger partial charge in [0.2, 0.25) is 0 Å². The maximum Gasteiger partial charge on any atom is 0.415 e. The summed E-state index contributed by atoms with van der Waals surface area (Å²) in [6.07, 6.45) is 0. The van der Waals surface area contributed by atoms with E-state index in [1.54, 1.807) is 12.1 Å². The zero-order valence-corrected chi connectivity index (χ0v) is 7.52. The quantitative estimate of drug-likeness (QED) is 0.660. The first kappa shape index (κ1) is 9.56. The maximum absolute atomic E-state index is 11.6. The molecule has 0 saturated heterocycles. The fourth-order valence-electron chi connectivity index (χ4n) is 0.808. The van der Waals surface area contributed by atoms with Gasteiger partial charge in [0.25, 0.3) is 0 Å². The van der Waals surface area contributed by atoms with Gasteiger partial charge in [-0.25, -0.2) is 0 Å². The van der Waals surface area contributed by atoms with E-state index in [2.05, 4.69) is 4.52 Å². The van der Waals surface area contributed by atoms with E-state index in [0.29, 0.717) is 0 Å². The zero-order valence-electron chi connectivity index (χ0n) is 6.63. The second-order valence-electron chi connectivity index (χ2n) is 2.46. The summed E-state index contributed by atoms with van der Waals surface area (Å²) in [5, 5.41) is 0. The number of rotatable bonds is 3. The lowest BCUT2D eigenvalue weighted by Crippen LogP contribution is -1.84. The second-order valence-corrected chi connectivity index (χ2v) is 3.12. The van der Waals surface area contributed by atoms with Crippen molar-refractivity contribution < 1.29 is 12.9 Å². The molecule has 0 aromatic heterocycles. The molecule has 0 aliphatic heterocycles. The van der Waals surface area contributed by atoms with Crippen LogP contribution in [0.4, 0.5) is 8.39 Å². The molecule has 1 rings (SSSR count). The van der Waals surface area contributed by atoms with Crippen LogP contribution in [0.5, 0.6) is 0 Å². The Kier molecular flexibility index (Phi) is 3.57. The van der Waals surface area contributed by atoms with Crippen LogP contribution in [0.15, 0.2) is 24.3 Å². The Hall–Kier alpha value is -0.530. The lowest BCUT2D eigenvalue weighted by atomic mass is 10.2. The van der Waals surface area contributed by atoms with Crippen LogP contribution in [0.3, 0.4) is 0 Å². The van der Waals surface area contributed by atoms with Crippen molar-refractivity contribution >= 4 is 8.77 Å². The van der Waals surface area contributed by atoms with Crippen LogP contribution in [0.2, 0.25) is 0 Å². The Bertz CT molecular complexity index is 235. The molecule has 12 heavy (non-hydrogen) atoms. The minimum atomic E-state index is -3.23. The minimum Gasteiger partial charge on any atom is -0.301 e. The molecule has 1 aromatic rings. The third-order valence-corrected chi connectivity index (χ3v) is 1.77. The summed E-state index contributed by atoms with van der Waals surface area (Å²) in [7, 11) is -3.23. The van der Waals surface area contributed by atoms with Gasteiger partial charge in [-0.2, -0.15) is 8.39 Å². The smallest absolute Gasteiger partial charge is 0.301 e. The number of hydrogen-bond acceptors (Lipinski definition) is 1. The van der Waals surface area contributed by atoms with Crippen LogP contribution >= 0.6 is 8.77 Å². The lowest BCUT2D eigenvalue weighted by molar-refractivity contribution is 0.298. The Labute approximate surface area is 71.4 Å². The van der Waals surface area contributed by atoms with Crippen molar-refractivity contribution in [2.24, 2.45) is 0 Å². The summed E-state index contributed by atoms with van der Waals surface area (Å²) in [4.78, 5) is 0. The predicted molar refractivity (Wildman–Crippen MR) is 45.1 cm³/mol. The maximum atomic E-state index is 11.6. The highest BCUT2D eigenvalue weighted by atomic mass is 31.2. The van der Waals surface area contributed by atoms with Gasteiger partial charge in [-0.3, -0.25) is 0 Å². The SMILES string of the molecule is Cc1ccc(COP(F)F)cc1. The standard InChI is InChI=1S/C8H9F2OP/c1-7-2-4-8(5-3-7)6-11-12(9)10/h2-5H,6H2,1H3. The minimum absolute atomic E-state index is 0.00101. The first-order valence-corrected chi connectivity index (χ1v) is 4.53. The summed E-state index contributed by atoms with van der Waals surface area (Å²) >= 11 is 0. The van der Waals surface area contributed by atoms with E-state index in [4.69, 9.17) is 0 Å². The van der Waals surface area contributed by atoms with E-state index >= 15 is 0 Å². The van der Waals surface area contributed by atoms with Gasteiger partial charge in [0, 0.05) is 0 Å². The van der Waals surface area contributed by atoms with Crippen molar-refractivity contribution in [1.29, 1.82) is 0 Å². The molecular formula is C8H9F2OP. The molecule has 0 bridgehead atoms. The first-order chi connectivity index (χ1) is 5.68. The normalized spacial score (nSPS) is 10.7. The molecule has 0 N–H and O–H groups in total. The third kappa shape index (κ3) is 3.24. The molecule has 0 aliphatic rings. The van der Waals surface area contributed by atoms with Crippen LogP contribution in [0, 0.1) is 6.92 Å². The Morgan fingerprint density at radius 2 is 1.83 bits per heavy atom. The van der Waals surface area contributed by atoms with Gasteiger partial charge in [-0.1, -0.05) is 29.8 Å². The van der Waals surface area contributed by atoms with Crippen LogP contribution in [0.1, 0.15) is 11.1 Å². The second kappa shape index (κ2) is 4.48. The molecule has 0 unspecified atom stereocenters. The van der Waals surface area contributed by atoms with Crippen LogP contribution in [0.25, 0.3) is 0 Å². The Balaban J connectivity index is 2.48. The molecule has 0 spiro atoms.